The summed E-state index contributed by atoms with van der Waals surface area (Å²) in [5.74, 6) is -0.298. The Labute approximate surface area is 113 Å². The molecule has 0 fully saturated rings. The fraction of sp³-hybridized carbons (Fsp3) is 0.235. The number of hydrogen-bond donors (Lipinski definition) is 0. The molecule has 0 unspecified atom stereocenters. The molecule has 0 saturated heterocycles. The average molecular weight is 254 g/mol. The van der Waals surface area contributed by atoms with Gasteiger partial charge in [0.1, 0.15) is 0 Å². The van der Waals surface area contributed by atoms with Crippen molar-refractivity contribution in [2.45, 2.75) is 20.3 Å². The van der Waals surface area contributed by atoms with E-state index in [1.54, 1.807) is 6.07 Å². The van der Waals surface area contributed by atoms with Gasteiger partial charge in [0.25, 0.3) is 0 Å². The Bertz CT molecular complexity index is 639. The minimum Gasteiger partial charge on any atom is -0.465 e. The van der Waals surface area contributed by atoms with Crippen LogP contribution in [0.4, 0.5) is 0 Å². The van der Waals surface area contributed by atoms with Crippen molar-refractivity contribution < 1.29 is 9.53 Å². The van der Waals surface area contributed by atoms with E-state index in [-0.39, 0.29) is 5.97 Å². The number of fused-ring (bicyclic) bond motifs is 1. The van der Waals surface area contributed by atoms with Gasteiger partial charge in [-0.1, -0.05) is 31.2 Å². The molecule has 2 aromatic carbocycles. The van der Waals surface area contributed by atoms with E-state index in [2.05, 4.69) is 38.1 Å². The van der Waals surface area contributed by atoms with Crippen LogP contribution in [0.25, 0.3) is 16.3 Å². The quantitative estimate of drug-likeness (QED) is 0.757. The van der Waals surface area contributed by atoms with Crippen LogP contribution in [-0.2, 0) is 4.74 Å². The summed E-state index contributed by atoms with van der Waals surface area (Å²) < 4.78 is 4.73. The molecule has 2 heteroatoms. The first kappa shape index (κ1) is 13.3. The zero-order chi connectivity index (χ0) is 13.8. The van der Waals surface area contributed by atoms with Gasteiger partial charge in [-0.25, -0.2) is 4.79 Å². The summed E-state index contributed by atoms with van der Waals surface area (Å²) >= 11 is 0. The maximum absolute atomic E-state index is 11.5. The normalized spacial score (nSPS) is 11.6. The predicted molar refractivity (Wildman–Crippen MR) is 79.2 cm³/mol. The highest BCUT2D eigenvalue weighted by atomic mass is 16.5. The molecule has 2 rings (SSSR count). The van der Waals surface area contributed by atoms with Crippen molar-refractivity contribution in [1.82, 2.24) is 0 Å². The minimum atomic E-state index is -0.298. The molecule has 0 aromatic heterocycles. The number of allylic oxidation sites excluding steroid dienone is 2. The Kier molecular flexibility index (Phi) is 4.00. The maximum Gasteiger partial charge on any atom is 0.337 e. The van der Waals surface area contributed by atoms with Crippen LogP contribution in [0.5, 0.6) is 0 Å². The van der Waals surface area contributed by atoms with Crippen LogP contribution in [0, 0.1) is 0 Å². The number of carbonyl (C=O) groups is 1. The highest BCUT2D eigenvalue weighted by molar-refractivity contribution is 5.96. The number of rotatable bonds is 3. The lowest BCUT2D eigenvalue weighted by Crippen LogP contribution is -2.00. The summed E-state index contributed by atoms with van der Waals surface area (Å²) in [6.07, 6.45) is 3.16. The second-order valence-electron chi connectivity index (χ2n) is 4.44. The van der Waals surface area contributed by atoms with Gasteiger partial charge in [-0.05, 0) is 53.5 Å². The topological polar surface area (TPSA) is 26.3 Å². The third-order valence-electron chi connectivity index (χ3n) is 3.36. The Morgan fingerprint density at radius 1 is 1.11 bits per heavy atom. The molecule has 0 aliphatic carbocycles. The number of methoxy groups -OCH3 is 1. The lowest BCUT2D eigenvalue weighted by Gasteiger charge is -2.07. The summed E-state index contributed by atoms with van der Waals surface area (Å²) in [4.78, 5) is 11.5. The summed E-state index contributed by atoms with van der Waals surface area (Å²) in [5, 5.41) is 2.19. The lowest BCUT2D eigenvalue weighted by atomic mass is 9.98. The Morgan fingerprint density at radius 2 is 1.68 bits per heavy atom. The summed E-state index contributed by atoms with van der Waals surface area (Å²) in [7, 11) is 1.40. The van der Waals surface area contributed by atoms with Crippen LogP contribution in [0.3, 0.4) is 0 Å². The number of ether oxygens (including phenoxy) is 1. The van der Waals surface area contributed by atoms with E-state index in [1.807, 2.05) is 12.1 Å². The largest absolute Gasteiger partial charge is 0.465 e. The molecule has 0 N–H and O–H groups in total. The van der Waals surface area contributed by atoms with Gasteiger partial charge in [-0.3, -0.25) is 0 Å². The van der Waals surface area contributed by atoms with Gasteiger partial charge in [0.05, 0.1) is 12.7 Å². The Morgan fingerprint density at radius 3 is 2.21 bits per heavy atom. The predicted octanol–water partition coefficient (Wildman–Crippen LogP) is 4.44. The van der Waals surface area contributed by atoms with Gasteiger partial charge in [-0.2, -0.15) is 0 Å². The van der Waals surface area contributed by atoms with Crippen molar-refractivity contribution in [3.63, 3.8) is 0 Å². The van der Waals surface area contributed by atoms with Crippen molar-refractivity contribution in [2.24, 2.45) is 0 Å². The van der Waals surface area contributed by atoms with Gasteiger partial charge in [0.15, 0.2) is 0 Å². The van der Waals surface area contributed by atoms with E-state index < -0.39 is 0 Å². The molecule has 0 atom stereocenters. The van der Waals surface area contributed by atoms with Gasteiger partial charge >= 0.3 is 5.97 Å². The first-order valence-corrected chi connectivity index (χ1v) is 6.47. The summed E-state index contributed by atoms with van der Waals surface area (Å²) in [5.41, 5.74) is 3.16. The van der Waals surface area contributed by atoms with E-state index in [4.69, 9.17) is 4.74 Å². The van der Waals surface area contributed by atoms with E-state index in [9.17, 15) is 4.79 Å². The van der Waals surface area contributed by atoms with Crippen LogP contribution in [-0.4, -0.2) is 13.1 Å². The second kappa shape index (κ2) is 5.70. The highest BCUT2D eigenvalue weighted by Crippen LogP contribution is 2.24. The van der Waals surface area contributed by atoms with Gasteiger partial charge in [-0.15, -0.1) is 0 Å². The minimum absolute atomic E-state index is 0.298. The number of hydrogen-bond acceptors (Lipinski definition) is 2. The first-order chi connectivity index (χ1) is 9.19. The summed E-state index contributed by atoms with van der Waals surface area (Å²) in [6, 6.07) is 12.0. The van der Waals surface area contributed by atoms with Crippen LogP contribution in [0.15, 0.2) is 42.5 Å². The molecule has 19 heavy (non-hydrogen) atoms. The van der Waals surface area contributed by atoms with Crippen LogP contribution in [0.2, 0.25) is 0 Å². The second-order valence-corrected chi connectivity index (χ2v) is 4.44. The van der Waals surface area contributed by atoms with E-state index in [1.165, 1.54) is 18.2 Å². The molecule has 0 heterocycles. The fourth-order valence-electron chi connectivity index (χ4n) is 2.27. The molecule has 98 valence electrons. The molecule has 0 saturated carbocycles. The molecule has 0 radical (unpaired) electrons. The maximum atomic E-state index is 11.5. The fourth-order valence-corrected chi connectivity index (χ4v) is 2.27. The standard InChI is InChI=1S/C17H18O2/c1-4-12(5-2)13-6-7-15-11-16(17(18)19-3)9-8-14(15)10-13/h4,6-11H,5H2,1-3H3/b12-4-. The Balaban J connectivity index is 2.49. The molecule has 0 amide bonds. The number of carbonyl (C=O) groups excluding carboxylic acids is 1. The van der Waals surface area contributed by atoms with Gasteiger partial charge in [0.2, 0.25) is 0 Å². The van der Waals surface area contributed by atoms with Crippen LogP contribution < -0.4 is 0 Å². The van der Waals surface area contributed by atoms with Gasteiger partial charge in [0, 0.05) is 0 Å². The SMILES string of the molecule is C/C=C(/CC)c1ccc2cc(C(=O)OC)ccc2c1. The molecule has 2 nitrogen and oxygen atoms in total. The van der Waals surface area contributed by atoms with E-state index >= 15 is 0 Å². The van der Waals surface area contributed by atoms with Crippen molar-refractivity contribution in [3.05, 3.63) is 53.6 Å². The third kappa shape index (κ3) is 2.68. The zero-order valence-electron chi connectivity index (χ0n) is 11.6. The van der Waals surface area contributed by atoms with Crippen molar-refractivity contribution in [3.8, 4) is 0 Å². The molecule has 0 aliphatic rings. The van der Waals surface area contributed by atoms with Crippen molar-refractivity contribution in [1.29, 1.82) is 0 Å². The first-order valence-electron chi connectivity index (χ1n) is 6.47. The molecule has 0 aliphatic heterocycles. The highest BCUT2D eigenvalue weighted by Gasteiger charge is 2.06. The van der Waals surface area contributed by atoms with Crippen LogP contribution >= 0.6 is 0 Å². The Hall–Kier alpha value is -2.09. The molecule has 0 bridgehead atoms. The molecular formula is C17H18O2. The molecule has 0 spiro atoms. The van der Waals surface area contributed by atoms with Crippen molar-refractivity contribution >= 4 is 22.3 Å². The van der Waals surface area contributed by atoms with Crippen molar-refractivity contribution in [2.75, 3.05) is 7.11 Å². The number of esters is 1. The zero-order valence-corrected chi connectivity index (χ0v) is 11.6. The van der Waals surface area contributed by atoms with E-state index in [0.717, 1.165) is 17.2 Å². The molecular weight excluding hydrogens is 236 g/mol. The molecule has 2 aromatic rings. The smallest absolute Gasteiger partial charge is 0.337 e. The van der Waals surface area contributed by atoms with Crippen LogP contribution in [0.1, 0.15) is 36.2 Å². The van der Waals surface area contributed by atoms with Gasteiger partial charge < -0.3 is 4.74 Å². The summed E-state index contributed by atoms with van der Waals surface area (Å²) in [6.45, 7) is 4.21. The third-order valence-corrected chi connectivity index (χ3v) is 3.36. The van der Waals surface area contributed by atoms with E-state index in [0.29, 0.717) is 5.56 Å². The lowest BCUT2D eigenvalue weighted by molar-refractivity contribution is 0.0601. The average Bonchev–Trinajstić information content (AvgIpc) is 2.47. The monoisotopic (exact) mass is 254 g/mol. The number of benzene rings is 2.